The predicted octanol–water partition coefficient (Wildman–Crippen LogP) is 7.11. The Hall–Kier alpha value is -4.82. The standard InChI is InChI=1S/C50H64N4O9S/c1-27(2)12-11-19-48(8)20-18-31-40(56)38-41(57)33-24-30-25-36-47(6,7)63-49(44(30)58,50(33,36)62-43(38)32(42(31)61-48)16-15-28(3)4)21-17-29(5)45(59)52-23-22-51-37(55)14-10-9-13-35-39-34(26-64-35)53-46(60)54-39/h12,15,17-18,20,24,30,34-36,39,56H,9-11,13-14,16,19,21-23,25-26H2,1-8H3,(H,51,55)(H,52,59)(H2,53,54,60)/b29-17-/t30?,34-,35?,36?,39-,48?,49?,50?/m0/s1. The van der Waals surface area contributed by atoms with Crippen molar-refractivity contribution < 1.29 is 43.3 Å². The van der Waals surface area contributed by atoms with E-state index in [0.717, 1.165) is 37.0 Å². The van der Waals surface area contributed by atoms with Gasteiger partial charge in [-0.1, -0.05) is 41.9 Å². The molecule has 8 aliphatic rings. The van der Waals surface area contributed by atoms with Crippen molar-refractivity contribution in [3.05, 3.63) is 69.4 Å². The number of carbonyl (C=O) groups is 5. The number of phenols is 1. The molecular weight excluding hydrogens is 833 g/mol. The molecule has 8 atom stereocenters. The number of benzene rings is 1. The molecule has 9 rings (SSSR count). The number of thioether (sulfide) groups is 1. The minimum atomic E-state index is -1.64. The fourth-order valence-electron chi connectivity index (χ4n) is 11.1. The summed E-state index contributed by atoms with van der Waals surface area (Å²) in [4.78, 5) is 67.6. The Morgan fingerprint density at radius 1 is 0.953 bits per heavy atom. The number of phenolic OH excluding ortho intramolecular Hbond substituents is 1. The van der Waals surface area contributed by atoms with Crippen LogP contribution in [0.5, 0.6) is 17.2 Å². The smallest absolute Gasteiger partial charge is 0.315 e. The van der Waals surface area contributed by atoms with Crippen molar-refractivity contribution >= 4 is 47.2 Å². The minimum Gasteiger partial charge on any atom is -0.506 e. The monoisotopic (exact) mass is 896 g/mol. The van der Waals surface area contributed by atoms with Crippen molar-refractivity contribution in [1.29, 1.82) is 0 Å². The Balaban J connectivity index is 0.993. The minimum absolute atomic E-state index is 0.0241. The van der Waals surface area contributed by atoms with E-state index in [-0.39, 0.29) is 72.3 Å². The molecule has 13 nitrogen and oxygen atoms in total. The molecule has 1 aromatic rings. The molecule has 6 unspecified atom stereocenters. The van der Waals surface area contributed by atoms with Crippen molar-refractivity contribution in [2.24, 2.45) is 11.8 Å². The number of aromatic hydroxyl groups is 1. The maximum Gasteiger partial charge on any atom is 0.315 e. The van der Waals surface area contributed by atoms with Crippen LogP contribution in [0.4, 0.5) is 4.79 Å². The number of hydrogen-bond acceptors (Lipinski definition) is 10. The molecule has 14 heteroatoms. The summed E-state index contributed by atoms with van der Waals surface area (Å²) in [5.41, 5.74) is -0.761. The van der Waals surface area contributed by atoms with Crippen molar-refractivity contribution in [3.63, 3.8) is 0 Å². The van der Waals surface area contributed by atoms with Crippen molar-refractivity contribution in [2.45, 2.75) is 153 Å². The third kappa shape index (κ3) is 7.90. The van der Waals surface area contributed by atoms with Gasteiger partial charge >= 0.3 is 6.03 Å². The first-order valence-corrected chi connectivity index (χ1v) is 24.0. The summed E-state index contributed by atoms with van der Waals surface area (Å²) < 4.78 is 21.1. The third-order valence-corrected chi connectivity index (χ3v) is 15.8. The number of allylic oxidation sites excluding steroid dienone is 5. The number of urea groups is 1. The largest absolute Gasteiger partial charge is 0.506 e. The average Bonchev–Trinajstić information content (AvgIpc) is 3.83. The molecule has 0 aromatic heterocycles. The van der Waals surface area contributed by atoms with Crippen molar-refractivity contribution in [1.82, 2.24) is 21.3 Å². The molecule has 5 heterocycles. The van der Waals surface area contributed by atoms with E-state index < -0.39 is 40.0 Å². The molecule has 0 radical (unpaired) electrons. The normalized spacial score (nSPS) is 31.0. The summed E-state index contributed by atoms with van der Waals surface area (Å²) in [6.07, 6.45) is 16.6. The summed E-state index contributed by atoms with van der Waals surface area (Å²) in [7, 11) is 0. The van der Waals surface area contributed by atoms with Gasteiger partial charge < -0.3 is 40.6 Å². The first-order valence-electron chi connectivity index (χ1n) is 23.0. The number of hydrogen-bond donors (Lipinski definition) is 5. The summed E-state index contributed by atoms with van der Waals surface area (Å²) in [5.74, 6) is -0.729. The molecule has 3 saturated heterocycles. The lowest BCUT2D eigenvalue weighted by Crippen LogP contribution is -2.72. The Morgan fingerprint density at radius 2 is 1.70 bits per heavy atom. The molecule has 4 amide bonds. The highest BCUT2D eigenvalue weighted by Crippen LogP contribution is 2.68. The van der Waals surface area contributed by atoms with Crippen LogP contribution in [0.15, 0.2) is 52.7 Å². The second-order valence-electron chi connectivity index (χ2n) is 19.9. The average molecular weight is 897 g/mol. The lowest BCUT2D eigenvalue weighted by atomic mass is 9.51. The van der Waals surface area contributed by atoms with Crippen LogP contribution in [-0.4, -0.2) is 93.1 Å². The molecule has 4 fully saturated rings. The first-order chi connectivity index (χ1) is 30.3. The van der Waals surface area contributed by atoms with E-state index in [2.05, 4.69) is 41.2 Å². The fourth-order valence-corrected chi connectivity index (χ4v) is 12.6. The highest BCUT2D eigenvalue weighted by molar-refractivity contribution is 8.00. The van der Waals surface area contributed by atoms with Crippen molar-refractivity contribution in [3.8, 4) is 17.2 Å². The number of nitrogens with one attached hydrogen (secondary N) is 4. The summed E-state index contributed by atoms with van der Waals surface area (Å²) >= 11 is 1.86. The van der Waals surface area contributed by atoms with Gasteiger partial charge in [-0.3, -0.25) is 19.2 Å². The molecule has 1 saturated carbocycles. The number of ether oxygens (including phenoxy) is 3. The number of ketones is 2. The first kappa shape index (κ1) is 45.7. The van der Waals surface area contributed by atoms with Gasteiger partial charge in [-0.15, -0.1) is 0 Å². The number of rotatable bonds is 16. The fraction of sp³-hybridized carbons (Fsp3) is 0.580. The van der Waals surface area contributed by atoms with E-state index in [0.29, 0.717) is 59.0 Å². The SMILES string of the molecule is CC(C)=CCCC1(C)C=Cc2c(O)c3c(c(CC=C(C)C)c2O1)OC12C(=CC4CC1C(C)(C)OC2(C/C=C(/C)C(=O)NCCNC(=O)CCCCC1SC[C@@H]2NC(=O)N[C@H]12)C4=O)C3=O. The van der Waals surface area contributed by atoms with Gasteiger partial charge in [0.05, 0.1) is 23.2 Å². The van der Waals surface area contributed by atoms with E-state index in [1.807, 2.05) is 64.6 Å². The third-order valence-electron chi connectivity index (χ3n) is 14.3. The van der Waals surface area contributed by atoms with Crippen molar-refractivity contribution in [2.75, 3.05) is 18.8 Å². The van der Waals surface area contributed by atoms with Crippen LogP contribution in [0.25, 0.3) is 6.08 Å². The molecule has 4 bridgehead atoms. The maximum atomic E-state index is 15.1. The highest BCUT2D eigenvalue weighted by Gasteiger charge is 2.81. The zero-order valence-electron chi connectivity index (χ0n) is 38.5. The van der Waals surface area contributed by atoms with Crippen LogP contribution in [0.1, 0.15) is 128 Å². The van der Waals surface area contributed by atoms with Crippen LogP contribution in [0.2, 0.25) is 0 Å². The molecule has 5 N–H and O–H groups in total. The van der Waals surface area contributed by atoms with Gasteiger partial charge in [0.2, 0.25) is 11.8 Å². The zero-order valence-corrected chi connectivity index (χ0v) is 39.3. The zero-order chi connectivity index (χ0) is 45.9. The summed E-state index contributed by atoms with van der Waals surface area (Å²) in [5, 5.41) is 24.1. The second-order valence-corrected chi connectivity index (χ2v) is 21.2. The lowest BCUT2D eigenvalue weighted by Gasteiger charge is -2.56. The van der Waals surface area contributed by atoms with Gasteiger partial charge in [-0.05, 0) is 106 Å². The van der Waals surface area contributed by atoms with E-state index in [9.17, 15) is 24.3 Å². The van der Waals surface area contributed by atoms with Gasteiger partial charge in [0.25, 0.3) is 0 Å². The van der Waals surface area contributed by atoms with Gasteiger partial charge in [0.15, 0.2) is 22.8 Å². The highest BCUT2D eigenvalue weighted by atomic mass is 32.2. The Morgan fingerprint density at radius 3 is 2.45 bits per heavy atom. The van der Waals surface area contributed by atoms with Crippen LogP contribution in [0.3, 0.4) is 0 Å². The number of unbranched alkanes of at least 4 members (excludes halogenated alkanes) is 1. The lowest BCUT2D eigenvalue weighted by molar-refractivity contribution is -0.171. The van der Waals surface area contributed by atoms with Gasteiger partial charge in [-0.25, -0.2) is 4.79 Å². The quantitative estimate of drug-likeness (QED) is 0.0497. The van der Waals surface area contributed by atoms with Gasteiger partial charge in [0, 0.05) is 65.5 Å². The predicted molar refractivity (Wildman–Crippen MR) is 247 cm³/mol. The Kier molecular flexibility index (Phi) is 12.3. The number of carbonyl (C=O) groups excluding carboxylic acids is 5. The van der Waals surface area contributed by atoms with E-state index in [4.69, 9.17) is 14.2 Å². The van der Waals surface area contributed by atoms with Crippen LogP contribution < -0.4 is 30.7 Å². The van der Waals surface area contributed by atoms with E-state index in [1.54, 1.807) is 19.1 Å². The van der Waals surface area contributed by atoms with Crippen LogP contribution in [-0.2, 0) is 25.5 Å². The molecule has 3 aliphatic carbocycles. The van der Waals surface area contributed by atoms with Crippen LogP contribution in [0, 0.1) is 11.8 Å². The number of amides is 4. The molecule has 5 aliphatic heterocycles. The van der Waals surface area contributed by atoms with E-state index >= 15 is 4.79 Å². The Labute approximate surface area is 380 Å². The second kappa shape index (κ2) is 17.2. The molecule has 1 spiro atoms. The number of Topliss-reactive ketones (excluding diaryl/α,β-unsaturated/α-hetero) is 2. The molecule has 64 heavy (non-hydrogen) atoms. The Bertz CT molecular complexity index is 2320. The summed E-state index contributed by atoms with van der Waals surface area (Å²) in [6, 6.07) is 0.230. The maximum absolute atomic E-state index is 15.1. The summed E-state index contributed by atoms with van der Waals surface area (Å²) in [6.45, 7) is 16.1. The molecule has 344 valence electrons. The van der Waals surface area contributed by atoms with E-state index in [1.165, 1.54) is 5.57 Å². The topological polar surface area (TPSA) is 181 Å². The molecule has 1 aromatic carbocycles. The number of fused-ring (bicyclic) bond motifs is 3. The van der Waals surface area contributed by atoms with Crippen LogP contribution >= 0.6 is 11.8 Å². The molecular formula is C50H64N4O9S. The van der Waals surface area contributed by atoms with Gasteiger partial charge in [-0.2, -0.15) is 11.8 Å². The van der Waals surface area contributed by atoms with Gasteiger partial charge in [0.1, 0.15) is 28.4 Å².